The molecule has 0 aromatic carbocycles. The maximum Gasteiger partial charge on any atom is 0.230 e. The van der Waals surface area contributed by atoms with Gasteiger partial charge in [0, 0.05) is 18.4 Å². The smallest absolute Gasteiger partial charge is 0.230 e. The van der Waals surface area contributed by atoms with Gasteiger partial charge < -0.3 is 19.7 Å². The van der Waals surface area contributed by atoms with Gasteiger partial charge in [0.05, 0.1) is 31.8 Å². The standard InChI is InChI=1S/C13H21N3O3/c1-3-9-6-14-12(15-9)5-13(18)16(4-2)10-7-19-8-11(10)17/h6,10-11,17H,3-5,7-8H2,1-2H3,(H,14,15)/t10-,11-/m1/s1. The van der Waals surface area contributed by atoms with Crippen LogP contribution in [-0.4, -0.2) is 57.8 Å². The van der Waals surface area contributed by atoms with Gasteiger partial charge in [-0.2, -0.15) is 0 Å². The van der Waals surface area contributed by atoms with Crippen LogP contribution in [0, 0.1) is 0 Å². The second-order valence-electron chi connectivity index (χ2n) is 4.74. The summed E-state index contributed by atoms with van der Waals surface area (Å²) in [6.07, 6.45) is 2.27. The predicted molar refractivity (Wildman–Crippen MR) is 69.7 cm³/mol. The van der Waals surface area contributed by atoms with E-state index in [1.165, 1.54) is 0 Å². The second-order valence-corrected chi connectivity index (χ2v) is 4.74. The monoisotopic (exact) mass is 267 g/mol. The van der Waals surface area contributed by atoms with Crippen LogP contribution >= 0.6 is 0 Å². The van der Waals surface area contributed by atoms with Gasteiger partial charge in [0.2, 0.25) is 5.91 Å². The van der Waals surface area contributed by atoms with Crippen LogP contribution in [0.15, 0.2) is 6.20 Å². The number of aromatic nitrogens is 2. The van der Waals surface area contributed by atoms with Crippen LogP contribution in [0.3, 0.4) is 0 Å². The van der Waals surface area contributed by atoms with E-state index in [4.69, 9.17) is 4.74 Å². The molecule has 1 aliphatic heterocycles. The summed E-state index contributed by atoms with van der Waals surface area (Å²) in [5.74, 6) is 0.641. The van der Waals surface area contributed by atoms with Crippen molar-refractivity contribution in [2.24, 2.45) is 0 Å². The van der Waals surface area contributed by atoms with Gasteiger partial charge in [-0.05, 0) is 13.3 Å². The van der Waals surface area contributed by atoms with E-state index in [0.29, 0.717) is 25.6 Å². The van der Waals surface area contributed by atoms with Crippen molar-refractivity contribution in [3.05, 3.63) is 17.7 Å². The highest BCUT2D eigenvalue weighted by Crippen LogP contribution is 2.14. The highest BCUT2D eigenvalue weighted by atomic mass is 16.5. The number of rotatable bonds is 5. The zero-order valence-corrected chi connectivity index (χ0v) is 11.4. The first-order valence-electron chi connectivity index (χ1n) is 6.73. The van der Waals surface area contributed by atoms with E-state index in [9.17, 15) is 9.90 Å². The summed E-state index contributed by atoms with van der Waals surface area (Å²) in [4.78, 5) is 21.3. The third-order valence-electron chi connectivity index (χ3n) is 3.46. The minimum Gasteiger partial charge on any atom is -0.388 e. The molecule has 6 nitrogen and oxygen atoms in total. The van der Waals surface area contributed by atoms with Crippen LogP contribution in [0.5, 0.6) is 0 Å². The Hall–Kier alpha value is -1.40. The zero-order valence-electron chi connectivity index (χ0n) is 11.4. The van der Waals surface area contributed by atoms with Gasteiger partial charge >= 0.3 is 0 Å². The fourth-order valence-corrected chi connectivity index (χ4v) is 2.35. The van der Waals surface area contributed by atoms with Crippen molar-refractivity contribution in [2.75, 3.05) is 19.8 Å². The number of ether oxygens (including phenoxy) is 1. The van der Waals surface area contributed by atoms with Crippen molar-refractivity contribution >= 4 is 5.91 Å². The first kappa shape index (κ1) is 14.0. The number of hydrogen-bond acceptors (Lipinski definition) is 4. The SMILES string of the molecule is CCc1cnc(CC(=O)N(CC)[C@@H]2COC[C@H]2O)[nH]1. The fraction of sp³-hybridized carbons (Fsp3) is 0.692. The zero-order chi connectivity index (χ0) is 13.8. The summed E-state index contributed by atoms with van der Waals surface area (Å²) in [5, 5.41) is 9.81. The van der Waals surface area contributed by atoms with E-state index < -0.39 is 6.10 Å². The normalized spacial score (nSPS) is 22.7. The number of aromatic amines is 1. The number of carbonyl (C=O) groups is 1. The molecular weight excluding hydrogens is 246 g/mol. The molecule has 2 N–H and O–H groups in total. The molecule has 1 aliphatic rings. The van der Waals surface area contributed by atoms with E-state index in [1.807, 2.05) is 13.8 Å². The van der Waals surface area contributed by atoms with Gasteiger partial charge in [0.1, 0.15) is 5.82 Å². The number of aliphatic hydroxyl groups is 1. The molecule has 2 rings (SSSR count). The van der Waals surface area contributed by atoms with Crippen LogP contribution in [0.1, 0.15) is 25.4 Å². The van der Waals surface area contributed by atoms with Crippen LogP contribution in [0.2, 0.25) is 0 Å². The molecule has 0 radical (unpaired) electrons. The number of aliphatic hydroxyl groups excluding tert-OH is 1. The number of likely N-dealkylation sites (N-methyl/N-ethyl adjacent to an activating group) is 1. The summed E-state index contributed by atoms with van der Waals surface area (Å²) in [6, 6.07) is -0.238. The van der Waals surface area contributed by atoms with Gasteiger partial charge in [0.15, 0.2) is 0 Å². The minimum absolute atomic E-state index is 0.0333. The molecule has 0 aliphatic carbocycles. The number of carbonyl (C=O) groups excluding carboxylic acids is 1. The van der Waals surface area contributed by atoms with Gasteiger partial charge in [-0.25, -0.2) is 4.98 Å². The fourth-order valence-electron chi connectivity index (χ4n) is 2.35. The summed E-state index contributed by atoms with van der Waals surface area (Å²) in [6.45, 7) is 5.20. The average molecular weight is 267 g/mol. The molecule has 6 heteroatoms. The van der Waals surface area contributed by atoms with Crippen LogP contribution < -0.4 is 0 Å². The van der Waals surface area contributed by atoms with E-state index in [0.717, 1.165) is 12.1 Å². The Kier molecular flexibility index (Phi) is 4.55. The highest BCUT2D eigenvalue weighted by Gasteiger charge is 2.33. The van der Waals surface area contributed by atoms with Gasteiger partial charge in [0.25, 0.3) is 0 Å². The first-order chi connectivity index (χ1) is 9.15. The topological polar surface area (TPSA) is 78.5 Å². The largest absolute Gasteiger partial charge is 0.388 e. The van der Waals surface area contributed by atoms with E-state index in [1.54, 1.807) is 11.1 Å². The van der Waals surface area contributed by atoms with Gasteiger partial charge in [-0.1, -0.05) is 6.92 Å². The Morgan fingerprint density at radius 1 is 1.58 bits per heavy atom. The number of nitrogens with one attached hydrogen (secondary N) is 1. The molecule has 0 spiro atoms. The molecule has 0 unspecified atom stereocenters. The molecule has 0 saturated carbocycles. The number of H-pyrrole nitrogens is 1. The van der Waals surface area contributed by atoms with Gasteiger partial charge in [-0.3, -0.25) is 4.79 Å². The van der Waals surface area contributed by atoms with Crippen molar-refractivity contribution in [3.63, 3.8) is 0 Å². The Morgan fingerprint density at radius 2 is 2.37 bits per heavy atom. The van der Waals surface area contributed by atoms with Crippen molar-refractivity contribution in [1.82, 2.24) is 14.9 Å². The van der Waals surface area contributed by atoms with E-state index in [-0.39, 0.29) is 18.4 Å². The Bertz CT molecular complexity index is 433. The van der Waals surface area contributed by atoms with Crippen molar-refractivity contribution in [1.29, 1.82) is 0 Å². The Labute approximate surface area is 112 Å². The molecule has 2 atom stereocenters. The molecule has 1 amide bonds. The third-order valence-corrected chi connectivity index (χ3v) is 3.46. The lowest BCUT2D eigenvalue weighted by Gasteiger charge is -2.28. The highest BCUT2D eigenvalue weighted by molar-refractivity contribution is 5.78. The van der Waals surface area contributed by atoms with E-state index >= 15 is 0 Å². The average Bonchev–Trinajstić information content (AvgIpc) is 3.00. The second kappa shape index (κ2) is 6.16. The predicted octanol–water partition coefficient (Wildman–Crippen LogP) is 0.123. The van der Waals surface area contributed by atoms with Crippen LogP contribution in [0.25, 0.3) is 0 Å². The van der Waals surface area contributed by atoms with Crippen molar-refractivity contribution in [2.45, 2.75) is 38.8 Å². The third kappa shape index (κ3) is 3.13. The quantitative estimate of drug-likeness (QED) is 0.794. The number of hydrogen-bond donors (Lipinski definition) is 2. The molecule has 19 heavy (non-hydrogen) atoms. The molecule has 1 fully saturated rings. The van der Waals surface area contributed by atoms with Crippen molar-refractivity contribution in [3.8, 4) is 0 Å². The Morgan fingerprint density at radius 3 is 2.89 bits per heavy atom. The maximum absolute atomic E-state index is 12.3. The molecule has 1 aromatic rings. The van der Waals surface area contributed by atoms with Crippen molar-refractivity contribution < 1.29 is 14.6 Å². The lowest BCUT2D eigenvalue weighted by molar-refractivity contribution is -0.134. The number of aryl methyl sites for hydroxylation is 1. The Balaban J connectivity index is 2.00. The number of amides is 1. The molecule has 106 valence electrons. The maximum atomic E-state index is 12.3. The molecule has 0 bridgehead atoms. The van der Waals surface area contributed by atoms with E-state index in [2.05, 4.69) is 9.97 Å². The summed E-state index contributed by atoms with van der Waals surface area (Å²) < 4.78 is 5.21. The molecule has 1 aromatic heterocycles. The molecule has 2 heterocycles. The minimum atomic E-state index is -0.591. The summed E-state index contributed by atoms with van der Waals surface area (Å²) in [5.41, 5.74) is 1.02. The summed E-state index contributed by atoms with van der Waals surface area (Å²) >= 11 is 0. The van der Waals surface area contributed by atoms with Crippen LogP contribution in [-0.2, 0) is 22.4 Å². The molecule has 1 saturated heterocycles. The van der Waals surface area contributed by atoms with Crippen LogP contribution in [0.4, 0.5) is 0 Å². The molecular formula is C13H21N3O3. The lowest BCUT2D eigenvalue weighted by Crippen LogP contribution is -2.47. The first-order valence-corrected chi connectivity index (χ1v) is 6.73. The van der Waals surface area contributed by atoms with Gasteiger partial charge in [-0.15, -0.1) is 0 Å². The number of nitrogens with zero attached hydrogens (tertiary/aromatic N) is 2. The summed E-state index contributed by atoms with van der Waals surface area (Å²) in [7, 11) is 0. The lowest BCUT2D eigenvalue weighted by atomic mass is 10.1. The number of imidazole rings is 1.